The van der Waals surface area contributed by atoms with E-state index in [9.17, 15) is 26.3 Å². The van der Waals surface area contributed by atoms with Crippen LogP contribution in [0.1, 0.15) is 43.7 Å². The van der Waals surface area contributed by atoms with Crippen LogP contribution in [0.25, 0.3) is 39.7 Å². The van der Waals surface area contributed by atoms with Gasteiger partial charge in [-0.1, -0.05) is 62.6 Å². The van der Waals surface area contributed by atoms with Crippen molar-refractivity contribution in [2.24, 2.45) is 0 Å². The fourth-order valence-electron chi connectivity index (χ4n) is 4.21. The lowest BCUT2D eigenvalue weighted by Gasteiger charge is -2.10. The molecule has 202 valence electrons. The number of aryl methyl sites for hydroxylation is 1. The van der Waals surface area contributed by atoms with E-state index in [1.165, 1.54) is 31.4 Å². The highest BCUT2D eigenvalue weighted by molar-refractivity contribution is 5.73. The Kier molecular flexibility index (Phi) is 8.84. The lowest BCUT2D eigenvalue weighted by Crippen LogP contribution is -2.01. The average molecular weight is 541 g/mol. The zero-order valence-corrected chi connectivity index (χ0v) is 21.2. The minimum atomic E-state index is -4.72. The predicted molar refractivity (Wildman–Crippen MR) is 141 cm³/mol. The molecule has 8 heteroatoms. The highest BCUT2D eigenvalue weighted by Gasteiger charge is 2.23. The maximum atomic E-state index is 15.0. The molecule has 0 saturated carbocycles. The van der Waals surface area contributed by atoms with E-state index < -0.39 is 29.2 Å². The van der Waals surface area contributed by atoms with Gasteiger partial charge in [-0.3, -0.25) is 0 Å². The van der Waals surface area contributed by atoms with Gasteiger partial charge in [-0.05, 0) is 59.4 Å². The van der Waals surface area contributed by atoms with Crippen LogP contribution in [0.15, 0.2) is 73.1 Å². The zero-order chi connectivity index (χ0) is 28.0. The molecule has 0 fully saturated rings. The summed E-state index contributed by atoms with van der Waals surface area (Å²) in [4.78, 5) is 8.92. The van der Waals surface area contributed by atoms with Crippen LogP contribution in [0.4, 0.5) is 26.3 Å². The molecule has 3 aromatic carbocycles. The zero-order valence-electron chi connectivity index (χ0n) is 21.2. The summed E-state index contributed by atoms with van der Waals surface area (Å²) in [5.41, 5.74) is 2.09. The Morgan fingerprint density at radius 2 is 1.28 bits per heavy atom. The van der Waals surface area contributed by atoms with Crippen LogP contribution in [0.3, 0.4) is 0 Å². The molecule has 2 nitrogen and oxygen atoms in total. The summed E-state index contributed by atoms with van der Waals surface area (Å²) in [7, 11) is 0. The van der Waals surface area contributed by atoms with Crippen molar-refractivity contribution in [1.29, 1.82) is 0 Å². The second kappa shape index (κ2) is 12.3. The Morgan fingerprint density at radius 3 is 1.87 bits per heavy atom. The molecule has 0 N–H and O–H groups in total. The van der Waals surface area contributed by atoms with Gasteiger partial charge in [0.25, 0.3) is 0 Å². The number of benzene rings is 3. The molecule has 0 amide bonds. The lowest BCUT2D eigenvalue weighted by atomic mass is 9.97. The Bertz CT molecular complexity index is 1420. The number of allylic oxidation sites excluding steroid dienone is 1. The van der Waals surface area contributed by atoms with E-state index in [0.717, 1.165) is 36.1 Å². The summed E-state index contributed by atoms with van der Waals surface area (Å²) in [6.45, 7) is 2.17. The summed E-state index contributed by atoms with van der Waals surface area (Å²) in [6, 6.07) is 13.1. The van der Waals surface area contributed by atoms with Crippen LogP contribution in [-0.4, -0.2) is 16.1 Å². The smallest absolute Gasteiger partial charge is 0.236 e. The summed E-state index contributed by atoms with van der Waals surface area (Å²) >= 11 is 0. The van der Waals surface area contributed by atoms with Crippen LogP contribution >= 0.6 is 0 Å². The molecule has 0 aliphatic heterocycles. The summed E-state index contributed by atoms with van der Waals surface area (Å²) in [6.07, 6.45) is 4.64. The molecule has 0 aliphatic rings. The van der Waals surface area contributed by atoms with Crippen LogP contribution in [0.2, 0.25) is 0 Å². The number of hydrogen-bond acceptors (Lipinski definition) is 2. The predicted octanol–water partition coefficient (Wildman–Crippen LogP) is 9.59. The fraction of sp³-hybridized carbons (Fsp3) is 0.226. The molecule has 1 heterocycles. The van der Waals surface area contributed by atoms with E-state index in [4.69, 9.17) is 0 Å². The van der Waals surface area contributed by atoms with Crippen molar-refractivity contribution in [3.63, 3.8) is 0 Å². The largest absolute Gasteiger partial charge is 0.409 e. The summed E-state index contributed by atoms with van der Waals surface area (Å²) in [5, 5.41) is 0. The molecule has 0 unspecified atom stereocenters. The molecular formula is C31H26F6N2. The number of unbranched alkanes of at least 4 members (excludes halogenated alkanes) is 3. The van der Waals surface area contributed by atoms with Crippen molar-refractivity contribution in [1.82, 2.24) is 9.97 Å². The molecule has 0 bridgehead atoms. The van der Waals surface area contributed by atoms with Crippen molar-refractivity contribution in [2.75, 3.05) is 0 Å². The second-order valence-corrected chi connectivity index (χ2v) is 9.23. The van der Waals surface area contributed by atoms with Gasteiger partial charge in [0.2, 0.25) is 0 Å². The maximum Gasteiger partial charge on any atom is 0.409 e. The molecule has 4 rings (SSSR count). The Morgan fingerprint density at radius 1 is 0.692 bits per heavy atom. The van der Waals surface area contributed by atoms with E-state index in [1.54, 1.807) is 18.2 Å². The van der Waals surface area contributed by atoms with Crippen LogP contribution in [-0.2, 0) is 6.42 Å². The van der Waals surface area contributed by atoms with Gasteiger partial charge in [0.15, 0.2) is 5.82 Å². The number of alkyl halides is 3. The van der Waals surface area contributed by atoms with E-state index in [2.05, 4.69) is 16.9 Å². The minimum absolute atomic E-state index is 0.0808. The van der Waals surface area contributed by atoms with E-state index in [0.29, 0.717) is 23.0 Å². The Labute approximate surface area is 223 Å². The molecule has 39 heavy (non-hydrogen) atoms. The lowest BCUT2D eigenvalue weighted by molar-refractivity contribution is -0.0790. The molecule has 0 spiro atoms. The molecule has 0 saturated heterocycles. The number of halogens is 6. The molecule has 1 aromatic heterocycles. The second-order valence-electron chi connectivity index (χ2n) is 9.23. The normalized spacial score (nSPS) is 11.9. The minimum Gasteiger partial charge on any atom is -0.236 e. The highest BCUT2D eigenvalue weighted by atomic mass is 19.4. The van der Waals surface area contributed by atoms with Gasteiger partial charge in [0.05, 0.1) is 0 Å². The SMILES string of the molecule is CCCCCCc1cnc(-c2ccc(-c3ccc(-c4cc(F)c(/C=C/C(F)(F)F)c(F)c4)c(F)c3)cc2)nc1. The molecule has 0 radical (unpaired) electrons. The van der Waals surface area contributed by atoms with Crippen LogP contribution < -0.4 is 0 Å². The van der Waals surface area contributed by atoms with Crippen molar-refractivity contribution >= 4 is 6.08 Å². The van der Waals surface area contributed by atoms with Gasteiger partial charge < -0.3 is 0 Å². The molecule has 0 atom stereocenters. The summed E-state index contributed by atoms with van der Waals surface area (Å²) < 4.78 is 80.8. The van der Waals surface area contributed by atoms with Gasteiger partial charge in [0.1, 0.15) is 17.5 Å². The first-order chi connectivity index (χ1) is 18.6. The van der Waals surface area contributed by atoms with Gasteiger partial charge >= 0.3 is 6.18 Å². The molecule has 0 aliphatic carbocycles. The molecular weight excluding hydrogens is 514 g/mol. The van der Waals surface area contributed by atoms with Crippen LogP contribution in [0, 0.1) is 17.5 Å². The van der Waals surface area contributed by atoms with E-state index >= 15 is 0 Å². The molecule has 4 aromatic rings. The quantitative estimate of drug-likeness (QED) is 0.156. The number of aromatic nitrogens is 2. The summed E-state index contributed by atoms with van der Waals surface area (Å²) in [5.74, 6) is -2.60. The standard InChI is InChI=1S/C31H26F6N2/c1-2-3-4-5-6-20-18-38-30(39-19-20)22-9-7-21(8-10-22)23-11-12-25(27(32)15-23)24-16-28(33)26(29(34)17-24)13-14-31(35,36)37/h7-19H,2-6H2,1H3/b14-13+. The van der Waals surface area contributed by atoms with Gasteiger partial charge in [-0.2, -0.15) is 13.2 Å². The third kappa shape index (κ3) is 7.34. The van der Waals surface area contributed by atoms with Gasteiger partial charge in [-0.25, -0.2) is 23.1 Å². The Hall–Kier alpha value is -3.94. The van der Waals surface area contributed by atoms with Crippen molar-refractivity contribution < 1.29 is 26.3 Å². The third-order valence-corrected chi connectivity index (χ3v) is 6.30. The third-order valence-electron chi connectivity index (χ3n) is 6.30. The first-order valence-electron chi connectivity index (χ1n) is 12.6. The fourth-order valence-corrected chi connectivity index (χ4v) is 4.21. The monoisotopic (exact) mass is 540 g/mol. The van der Waals surface area contributed by atoms with Crippen molar-refractivity contribution in [3.05, 3.63) is 102 Å². The van der Waals surface area contributed by atoms with E-state index in [-0.39, 0.29) is 17.2 Å². The topological polar surface area (TPSA) is 25.8 Å². The van der Waals surface area contributed by atoms with Gasteiger partial charge in [-0.15, -0.1) is 0 Å². The van der Waals surface area contributed by atoms with Crippen molar-refractivity contribution in [3.8, 4) is 33.6 Å². The number of hydrogen-bond donors (Lipinski definition) is 0. The first kappa shape index (κ1) is 28.1. The average Bonchev–Trinajstić information content (AvgIpc) is 2.90. The van der Waals surface area contributed by atoms with Crippen molar-refractivity contribution in [2.45, 2.75) is 45.2 Å². The first-order valence-corrected chi connectivity index (χ1v) is 12.6. The van der Waals surface area contributed by atoms with Crippen LogP contribution in [0.5, 0.6) is 0 Å². The Balaban J connectivity index is 1.49. The highest BCUT2D eigenvalue weighted by Crippen LogP contribution is 2.32. The number of rotatable bonds is 9. The maximum absolute atomic E-state index is 15.0. The number of nitrogens with zero attached hydrogens (tertiary/aromatic N) is 2. The van der Waals surface area contributed by atoms with Gasteiger partial charge in [0, 0.05) is 35.2 Å². The van der Waals surface area contributed by atoms with E-state index in [1.807, 2.05) is 24.5 Å².